The third kappa shape index (κ3) is 4.02. The van der Waals surface area contributed by atoms with Gasteiger partial charge in [0.25, 0.3) is 0 Å². The third-order valence-electron chi connectivity index (χ3n) is 5.38. The maximum absolute atomic E-state index is 13.2. The summed E-state index contributed by atoms with van der Waals surface area (Å²) >= 11 is 6.11. The van der Waals surface area contributed by atoms with E-state index in [0.717, 1.165) is 23.6 Å². The summed E-state index contributed by atoms with van der Waals surface area (Å²) in [5.74, 6) is 2.02. The van der Waals surface area contributed by atoms with Gasteiger partial charge in [-0.2, -0.15) is 4.31 Å². The van der Waals surface area contributed by atoms with Crippen molar-refractivity contribution in [3.8, 4) is 23.0 Å². The molecule has 4 rings (SSSR count). The highest BCUT2D eigenvalue weighted by Crippen LogP contribution is 2.36. The molecular weight excluding hydrogens is 432 g/mol. The van der Waals surface area contributed by atoms with E-state index in [4.69, 9.17) is 30.5 Å². The van der Waals surface area contributed by atoms with E-state index < -0.39 is 10.0 Å². The van der Waals surface area contributed by atoms with Gasteiger partial charge in [0.15, 0.2) is 11.5 Å². The Kier molecular flexibility index (Phi) is 5.97. The van der Waals surface area contributed by atoms with Gasteiger partial charge in [0, 0.05) is 17.7 Å². The molecule has 0 aliphatic carbocycles. The topological polar surface area (TPSA) is 78.7 Å². The molecule has 2 heterocycles. The van der Waals surface area contributed by atoms with E-state index >= 15 is 0 Å². The summed E-state index contributed by atoms with van der Waals surface area (Å²) < 4.78 is 49.2. The van der Waals surface area contributed by atoms with E-state index in [1.165, 1.54) is 35.6 Å². The van der Waals surface area contributed by atoms with Crippen LogP contribution in [0.15, 0.2) is 35.2 Å². The van der Waals surface area contributed by atoms with Gasteiger partial charge in [-0.05, 0) is 18.2 Å². The van der Waals surface area contributed by atoms with E-state index in [1.807, 2.05) is 18.2 Å². The number of ether oxygens (including phenoxy) is 4. The molecule has 2 aliphatic rings. The number of nitrogens with zero attached hydrogens (tertiary/aromatic N) is 1. The van der Waals surface area contributed by atoms with Crippen molar-refractivity contribution < 1.29 is 32.3 Å². The molecule has 0 amide bonds. The Bertz CT molecular complexity index is 1040. The van der Waals surface area contributed by atoms with Gasteiger partial charge in [0.05, 0.1) is 45.4 Å². The highest BCUT2D eigenvalue weighted by molar-refractivity contribution is 7.89. The van der Waals surface area contributed by atoms with Crippen LogP contribution in [0.5, 0.6) is 23.0 Å². The number of piperazine rings is 1. The number of quaternary nitrogens is 1. The van der Waals surface area contributed by atoms with E-state index in [-0.39, 0.29) is 17.4 Å². The zero-order chi connectivity index (χ0) is 21.3. The minimum atomic E-state index is -3.74. The van der Waals surface area contributed by atoms with Crippen LogP contribution in [0.4, 0.5) is 0 Å². The average molecular weight is 456 g/mol. The zero-order valence-electron chi connectivity index (χ0n) is 16.8. The number of fused-ring (bicyclic) bond motifs is 1. The van der Waals surface area contributed by atoms with Gasteiger partial charge < -0.3 is 23.8 Å². The van der Waals surface area contributed by atoms with Crippen LogP contribution in [0.25, 0.3) is 0 Å². The molecule has 2 aromatic rings. The molecule has 0 saturated carbocycles. The van der Waals surface area contributed by atoms with Crippen LogP contribution in [0, 0.1) is 0 Å². The first-order valence-corrected chi connectivity index (χ1v) is 11.4. The van der Waals surface area contributed by atoms with Gasteiger partial charge in [0.2, 0.25) is 16.8 Å². The van der Waals surface area contributed by atoms with Crippen LogP contribution in [0.3, 0.4) is 0 Å². The number of methoxy groups -OCH3 is 2. The summed E-state index contributed by atoms with van der Waals surface area (Å²) in [4.78, 5) is 1.37. The van der Waals surface area contributed by atoms with Crippen LogP contribution in [0.2, 0.25) is 5.02 Å². The minimum absolute atomic E-state index is 0.0606. The molecule has 1 fully saturated rings. The molecule has 0 spiro atoms. The molecule has 0 bridgehead atoms. The number of sulfonamides is 1. The Morgan fingerprint density at radius 3 is 2.43 bits per heavy atom. The summed E-state index contributed by atoms with van der Waals surface area (Å²) in [6.45, 7) is 3.26. The number of hydrogen-bond acceptors (Lipinski definition) is 6. The van der Waals surface area contributed by atoms with Crippen molar-refractivity contribution in [2.45, 2.75) is 11.4 Å². The fraction of sp³-hybridized carbons (Fsp3) is 0.400. The first kappa shape index (κ1) is 21.0. The minimum Gasteiger partial charge on any atom is -0.495 e. The number of nitrogens with one attached hydrogen (secondary N) is 1. The van der Waals surface area contributed by atoms with Gasteiger partial charge in [-0.25, -0.2) is 8.42 Å². The molecule has 30 heavy (non-hydrogen) atoms. The molecule has 0 radical (unpaired) electrons. The molecule has 10 heteroatoms. The van der Waals surface area contributed by atoms with E-state index in [9.17, 15) is 8.42 Å². The second-order valence-electron chi connectivity index (χ2n) is 7.16. The molecule has 0 aromatic heterocycles. The van der Waals surface area contributed by atoms with Crippen LogP contribution >= 0.6 is 11.6 Å². The quantitative estimate of drug-likeness (QED) is 0.704. The lowest BCUT2D eigenvalue weighted by Gasteiger charge is -2.32. The maximum Gasteiger partial charge on any atom is 0.247 e. The number of hydrogen-bond donors (Lipinski definition) is 1. The van der Waals surface area contributed by atoms with E-state index in [2.05, 4.69) is 0 Å². The monoisotopic (exact) mass is 455 g/mol. The smallest absolute Gasteiger partial charge is 0.247 e. The van der Waals surface area contributed by atoms with Gasteiger partial charge in [0.1, 0.15) is 22.9 Å². The van der Waals surface area contributed by atoms with Crippen molar-refractivity contribution in [3.63, 3.8) is 0 Å². The number of benzene rings is 2. The Balaban J connectivity index is 1.46. The lowest BCUT2D eigenvalue weighted by atomic mass is 10.2. The molecule has 0 atom stereocenters. The highest BCUT2D eigenvalue weighted by Gasteiger charge is 2.33. The summed E-state index contributed by atoms with van der Waals surface area (Å²) in [6.07, 6.45) is 0. The van der Waals surface area contributed by atoms with Gasteiger partial charge in [-0.3, -0.25) is 0 Å². The van der Waals surface area contributed by atoms with Crippen molar-refractivity contribution in [1.82, 2.24) is 4.31 Å². The van der Waals surface area contributed by atoms with Crippen molar-refractivity contribution in [1.29, 1.82) is 0 Å². The standard InChI is InChI=1S/C20H23ClN2O6S/c1-26-17-11-20(19(27-2)10-15(17)21)30(24,25)23-7-5-22(6-8-23)12-14-3-4-16-18(9-14)29-13-28-16/h3-4,9-11H,5-8,12-13H2,1-2H3/p+1. The maximum atomic E-state index is 13.2. The number of rotatable bonds is 6. The molecule has 8 nitrogen and oxygen atoms in total. The molecule has 0 unspecified atom stereocenters. The van der Waals surface area contributed by atoms with Gasteiger partial charge in [-0.1, -0.05) is 11.6 Å². The Morgan fingerprint density at radius 2 is 1.73 bits per heavy atom. The van der Waals surface area contributed by atoms with Crippen LogP contribution in [-0.4, -0.2) is 59.9 Å². The van der Waals surface area contributed by atoms with Gasteiger partial charge >= 0.3 is 0 Å². The molecule has 1 saturated heterocycles. The largest absolute Gasteiger partial charge is 0.495 e. The third-order valence-corrected chi connectivity index (χ3v) is 7.59. The molecular formula is C20H24ClN2O6S+. The average Bonchev–Trinajstić information content (AvgIpc) is 3.21. The van der Waals surface area contributed by atoms with Crippen molar-refractivity contribution in [2.75, 3.05) is 47.2 Å². The predicted molar refractivity (Wildman–Crippen MR) is 110 cm³/mol. The Morgan fingerprint density at radius 1 is 1.03 bits per heavy atom. The Hall–Kier alpha value is -2.20. The van der Waals surface area contributed by atoms with Crippen LogP contribution in [0.1, 0.15) is 5.56 Å². The fourth-order valence-electron chi connectivity index (χ4n) is 3.73. The van der Waals surface area contributed by atoms with Crippen molar-refractivity contribution in [2.24, 2.45) is 0 Å². The summed E-state index contributed by atoms with van der Waals surface area (Å²) in [7, 11) is -0.871. The second kappa shape index (κ2) is 8.50. The van der Waals surface area contributed by atoms with Crippen LogP contribution in [-0.2, 0) is 16.6 Å². The SMILES string of the molecule is COc1cc(S(=O)(=O)N2CC[NH+](Cc3ccc4c(c3)OCO4)CC2)c(OC)cc1Cl. The van der Waals surface area contributed by atoms with Crippen molar-refractivity contribution >= 4 is 21.6 Å². The normalized spacial score (nSPS) is 17.2. The first-order chi connectivity index (χ1) is 14.4. The van der Waals surface area contributed by atoms with E-state index in [1.54, 1.807) is 0 Å². The summed E-state index contributed by atoms with van der Waals surface area (Å²) in [5, 5.41) is 0.297. The fourth-order valence-corrected chi connectivity index (χ4v) is 5.56. The number of halogens is 1. The predicted octanol–water partition coefficient (Wildman–Crippen LogP) is 1.18. The lowest BCUT2D eigenvalue weighted by Crippen LogP contribution is -3.13. The summed E-state index contributed by atoms with van der Waals surface area (Å²) in [5.41, 5.74) is 1.13. The lowest BCUT2D eigenvalue weighted by molar-refractivity contribution is -0.917. The Labute approximate surface area is 180 Å². The van der Waals surface area contributed by atoms with E-state index in [0.29, 0.717) is 37.0 Å². The van der Waals surface area contributed by atoms with Crippen molar-refractivity contribution in [3.05, 3.63) is 40.9 Å². The molecule has 2 aromatic carbocycles. The zero-order valence-corrected chi connectivity index (χ0v) is 18.4. The second-order valence-corrected chi connectivity index (χ2v) is 9.47. The van der Waals surface area contributed by atoms with Gasteiger partial charge in [-0.15, -0.1) is 0 Å². The van der Waals surface area contributed by atoms with Crippen LogP contribution < -0.4 is 23.8 Å². The molecule has 162 valence electrons. The molecule has 1 N–H and O–H groups in total. The molecule has 2 aliphatic heterocycles. The summed E-state index contributed by atoms with van der Waals surface area (Å²) in [6, 6.07) is 8.81. The first-order valence-electron chi connectivity index (χ1n) is 9.56. The highest BCUT2D eigenvalue weighted by atomic mass is 35.5.